The second kappa shape index (κ2) is 8.25. The summed E-state index contributed by atoms with van der Waals surface area (Å²) < 4.78 is 5.70. The molecule has 0 amide bonds. The molecule has 1 N–H and O–H groups in total. The minimum absolute atomic E-state index is 0.000709. The molecule has 5 nitrogen and oxygen atoms in total. The van der Waals surface area contributed by atoms with E-state index in [0.717, 1.165) is 22.6 Å². The third-order valence-electron chi connectivity index (χ3n) is 4.07. The Balaban J connectivity index is 1.83. The van der Waals surface area contributed by atoms with E-state index in [2.05, 4.69) is 27.2 Å². The lowest BCUT2D eigenvalue weighted by atomic mass is 10.0. The molecule has 0 spiro atoms. The highest BCUT2D eigenvalue weighted by Crippen LogP contribution is 2.25. The largest absolute Gasteiger partial charge is 0.375 e. The number of halogens is 1. The van der Waals surface area contributed by atoms with Gasteiger partial charge in [0, 0.05) is 41.8 Å². The van der Waals surface area contributed by atoms with Gasteiger partial charge >= 0.3 is 0 Å². The van der Waals surface area contributed by atoms with Gasteiger partial charge in [-0.1, -0.05) is 23.7 Å². The van der Waals surface area contributed by atoms with Gasteiger partial charge in [0.05, 0.1) is 6.04 Å². The Bertz CT molecular complexity index is 855. The molecule has 0 fully saturated rings. The molecule has 26 heavy (non-hydrogen) atoms. The topological polar surface area (TPSA) is 59.9 Å². The van der Waals surface area contributed by atoms with E-state index in [9.17, 15) is 0 Å². The summed E-state index contributed by atoms with van der Waals surface area (Å²) in [4.78, 5) is 13.2. The van der Waals surface area contributed by atoms with Crippen molar-refractivity contribution in [3.05, 3.63) is 71.1 Å². The standard InChI is InChI=1S/C20H21ClN4O/c1-13-12-18(25-20(23-13)16-8-10-22-11-9-16)24-14(2)19(26-3)15-4-6-17(21)7-5-15/h4-12,14,19H,1-3H3,(H,23,24,25). The SMILES string of the molecule is COC(c1ccc(Cl)cc1)C(C)Nc1cc(C)nc(-c2ccncc2)n1. The zero-order valence-corrected chi connectivity index (χ0v) is 15.7. The summed E-state index contributed by atoms with van der Waals surface area (Å²) >= 11 is 5.98. The molecule has 0 radical (unpaired) electrons. The molecule has 0 bridgehead atoms. The highest BCUT2D eigenvalue weighted by atomic mass is 35.5. The van der Waals surface area contributed by atoms with Crippen LogP contribution in [0.2, 0.25) is 5.02 Å². The predicted octanol–water partition coefficient (Wildman–Crippen LogP) is 4.69. The second-order valence-electron chi connectivity index (χ2n) is 6.09. The molecule has 0 saturated carbocycles. The Kier molecular flexibility index (Phi) is 5.81. The molecule has 2 aromatic heterocycles. The highest BCUT2D eigenvalue weighted by molar-refractivity contribution is 6.30. The van der Waals surface area contributed by atoms with E-state index in [1.54, 1.807) is 19.5 Å². The van der Waals surface area contributed by atoms with Crippen molar-refractivity contribution in [3.8, 4) is 11.4 Å². The molecule has 0 aliphatic carbocycles. The molecule has 3 aromatic rings. The van der Waals surface area contributed by atoms with Crippen LogP contribution in [-0.2, 0) is 4.74 Å². The van der Waals surface area contributed by atoms with E-state index in [1.165, 1.54) is 0 Å². The molecule has 0 aliphatic heterocycles. The predicted molar refractivity (Wildman–Crippen MR) is 104 cm³/mol. The number of anilines is 1. The maximum Gasteiger partial charge on any atom is 0.161 e. The van der Waals surface area contributed by atoms with Crippen LogP contribution in [0.3, 0.4) is 0 Å². The van der Waals surface area contributed by atoms with E-state index >= 15 is 0 Å². The zero-order chi connectivity index (χ0) is 18.5. The summed E-state index contributed by atoms with van der Waals surface area (Å²) in [6.07, 6.45) is 3.34. The van der Waals surface area contributed by atoms with E-state index in [-0.39, 0.29) is 12.1 Å². The van der Waals surface area contributed by atoms with Crippen LogP contribution in [-0.4, -0.2) is 28.1 Å². The van der Waals surface area contributed by atoms with Crippen LogP contribution in [0.4, 0.5) is 5.82 Å². The van der Waals surface area contributed by atoms with Gasteiger partial charge in [-0.2, -0.15) is 0 Å². The lowest BCUT2D eigenvalue weighted by molar-refractivity contribution is 0.0907. The van der Waals surface area contributed by atoms with Crippen LogP contribution in [0.1, 0.15) is 24.3 Å². The average Bonchev–Trinajstić information content (AvgIpc) is 2.64. The van der Waals surface area contributed by atoms with Gasteiger partial charge in [-0.25, -0.2) is 9.97 Å². The normalized spacial score (nSPS) is 13.2. The Hall–Kier alpha value is -2.50. The lowest BCUT2D eigenvalue weighted by Crippen LogP contribution is -2.26. The number of aryl methyl sites for hydroxylation is 1. The van der Waals surface area contributed by atoms with Gasteiger partial charge < -0.3 is 10.1 Å². The first-order chi connectivity index (χ1) is 12.6. The van der Waals surface area contributed by atoms with Crippen molar-refractivity contribution in [2.75, 3.05) is 12.4 Å². The van der Waals surface area contributed by atoms with Gasteiger partial charge in [0.1, 0.15) is 11.9 Å². The van der Waals surface area contributed by atoms with Gasteiger partial charge in [0.25, 0.3) is 0 Å². The summed E-state index contributed by atoms with van der Waals surface area (Å²) in [6, 6.07) is 13.4. The van der Waals surface area contributed by atoms with Gasteiger partial charge in [0.2, 0.25) is 0 Å². The maximum atomic E-state index is 5.98. The Morgan fingerprint density at radius 3 is 2.38 bits per heavy atom. The van der Waals surface area contributed by atoms with E-state index in [1.807, 2.05) is 49.4 Å². The van der Waals surface area contributed by atoms with Crippen molar-refractivity contribution in [1.29, 1.82) is 0 Å². The minimum Gasteiger partial charge on any atom is -0.375 e. The first-order valence-corrected chi connectivity index (χ1v) is 8.75. The van der Waals surface area contributed by atoms with Crippen LogP contribution < -0.4 is 5.32 Å². The van der Waals surface area contributed by atoms with Crippen LogP contribution in [0.15, 0.2) is 54.9 Å². The molecule has 2 heterocycles. The van der Waals surface area contributed by atoms with Crippen molar-refractivity contribution in [2.24, 2.45) is 0 Å². The number of benzene rings is 1. The maximum absolute atomic E-state index is 5.98. The summed E-state index contributed by atoms with van der Waals surface area (Å²) in [5.74, 6) is 1.43. The number of hydrogen-bond acceptors (Lipinski definition) is 5. The van der Waals surface area contributed by atoms with Crippen molar-refractivity contribution in [3.63, 3.8) is 0 Å². The summed E-state index contributed by atoms with van der Waals surface area (Å²) in [5.41, 5.74) is 2.87. The molecule has 0 aliphatic rings. The summed E-state index contributed by atoms with van der Waals surface area (Å²) in [5, 5.41) is 4.14. The Morgan fingerprint density at radius 1 is 1.04 bits per heavy atom. The van der Waals surface area contributed by atoms with Gasteiger partial charge in [0.15, 0.2) is 5.82 Å². The molecule has 2 atom stereocenters. The number of pyridine rings is 1. The van der Waals surface area contributed by atoms with Crippen molar-refractivity contribution >= 4 is 17.4 Å². The van der Waals surface area contributed by atoms with Crippen molar-refractivity contribution in [1.82, 2.24) is 15.0 Å². The first kappa shape index (κ1) is 18.3. The molecule has 134 valence electrons. The molecular weight excluding hydrogens is 348 g/mol. The van der Waals surface area contributed by atoms with Gasteiger partial charge in [-0.15, -0.1) is 0 Å². The fourth-order valence-corrected chi connectivity index (χ4v) is 2.99. The Labute approximate surface area is 158 Å². The number of aromatic nitrogens is 3. The van der Waals surface area contributed by atoms with E-state index in [0.29, 0.717) is 10.8 Å². The number of nitrogens with zero attached hydrogens (tertiary/aromatic N) is 3. The van der Waals surface area contributed by atoms with E-state index < -0.39 is 0 Å². The van der Waals surface area contributed by atoms with E-state index in [4.69, 9.17) is 16.3 Å². The number of nitrogens with one attached hydrogen (secondary N) is 1. The van der Waals surface area contributed by atoms with Crippen LogP contribution >= 0.6 is 11.6 Å². The number of hydrogen-bond donors (Lipinski definition) is 1. The fraction of sp³-hybridized carbons (Fsp3) is 0.250. The van der Waals surface area contributed by atoms with Crippen molar-refractivity contribution < 1.29 is 4.74 Å². The second-order valence-corrected chi connectivity index (χ2v) is 6.53. The zero-order valence-electron chi connectivity index (χ0n) is 15.0. The highest BCUT2D eigenvalue weighted by Gasteiger charge is 2.19. The third-order valence-corrected chi connectivity index (χ3v) is 4.33. The summed E-state index contributed by atoms with van der Waals surface area (Å²) in [7, 11) is 1.70. The number of methoxy groups -OCH3 is 1. The third kappa shape index (κ3) is 4.36. The Morgan fingerprint density at radius 2 is 1.73 bits per heavy atom. The lowest BCUT2D eigenvalue weighted by Gasteiger charge is -2.25. The molecule has 2 unspecified atom stereocenters. The number of rotatable bonds is 6. The van der Waals surface area contributed by atoms with Crippen LogP contribution in [0, 0.1) is 6.92 Å². The van der Waals surface area contributed by atoms with Crippen molar-refractivity contribution in [2.45, 2.75) is 26.0 Å². The summed E-state index contributed by atoms with van der Waals surface area (Å²) in [6.45, 7) is 4.02. The minimum atomic E-state index is -0.132. The first-order valence-electron chi connectivity index (χ1n) is 8.37. The van der Waals surface area contributed by atoms with Gasteiger partial charge in [-0.05, 0) is 43.7 Å². The molecule has 3 rings (SSSR count). The molecule has 1 aromatic carbocycles. The number of ether oxygens (including phenoxy) is 1. The molecule has 6 heteroatoms. The molecule has 0 saturated heterocycles. The monoisotopic (exact) mass is 368 g/mol. The fourth-order valence-electron chi connectivity index (χ4n) is 2.86. The quantitative estimate of drug-likeness (QED) is 0.684. The smallest absolute Gasteiger partial charge is 0.161 e. The van der Waals surface area contributed by atoms with Crippen LogP contribution in [0.5, 0.6) is 0 Å². The average molecular weight is 369 g/mol. The van der Waals surface area contributed by atoms with Gasteiger partial charge in [-0.3, -0.25) is 4.98 Å². The van der Waals surface area contributed by atoms with Crippen LogP contribution in [0.25, 0.3) is 11.4 Å². The molecular formula is C20H21ClN4O.